The van der Waals surface area contributed by atoms with Crippen molar-refractivity contribution in [1.82, 2.24) is 10.6 Å². The molecule has 1 rings (SSSR count). The molecule has 3 atom stereocenters. The molecule has 0 aromatic rings. The van der Waals surface area contributed by atoms with Gasteiger partial charge in [0.25, 0.3) is 0 Å². The summed E-state index contributed by atoms with van der Waals surface area (Å²) in [4.78, 5) is 11.0. The van der Waals surface area contributed by atoms with Gasteiger partial charge >= 0.3 is 12.1 Å². The summed E-state index contributed by atoms with van der Waals surface area (Å²) >= 11 is 0. The fourth-order valence-corrected chi connectivity index (χ4v) is 2.31. The lowest BCUT2D eigenvalue weighted by Gasteiger charge is -2.35. The fourth-order valence-electron chi connectivity index (χ4n) is 2.31. The number of hydrogen-bond donors (Lipinski definition) is 3. The van der Waals surface area contributed by atoms with E-state index in [0.717, 1.165) is 12.8 Å². The molecule has 0 radical (unpaired) electrons. The normalized spacial score (nSPS) is 25.5. The minimum Gasteiger partial charge on any atom is -0.356 e. The van der Waals surface area contributed by atoms with Gasteiger partial charge in [0.05, 0.1) is 5.60 Å². The average Bonchev–Trinajstić information content (AvgIpc) is 2.27. The first-order valence-electron chi connectivity index (χ1n) is 6.98. The third-order valence-corrected chi connectivity index (χ3v) is 3.16. The van der Waals surface area contributed by atoms with Crippen molar-refractivity contribution in [2.24, 2.45) is 0 Å². The van der Waals surface area contributed by atoms with Crippen LogP contribution in [0.4, 0.5) is 13.2 Å². The molecular weight excluding hydrogens is 289 g/mol. The standard InChI is InChI=1S/C13H23F3N2O3/c1-12(2,3)21-11(20)18-9-7-5-4-6-8(9)17-10(19)13(14,15)16/h8-9,11,18,20H,4-7H2,1-3H3,(H,17,19). The summed E-state index contributed by atoms with van der Waals surface area (Å²) in [5, 5.41) is 14.5. The molecule has 0 aromatic carbocycles. The maximum absolute atomic E-state index is 12.3. The number of hydrogen-bond acceptors (Lipinski definition) is 4. The lowest BCUT2D eigenvalue weighted by molar-refractivity contribution is -0.189. The van der Waals surface area contributed by atoms with Gasteiger partial charge in [-0.3, -0.25) is 10.1 Å². The number of carbonyl (C=O) groups is 1. The topological polar surface area (TPSA) is 70.6 Å². The number of aliphatic hydroxyl groups excluding tert-OH is 1. The summed E-state index contributed by atoms with van der Waals surface area (Å²) in [6.45, 7) is 5.26. The Balaban J connectivity index is 2.59. The lowest BCUT2D eigenvalue weighted by Crippen LogP contribution is -2.57. The van der Waals surface area contributed by atoms with Crippen molar-refractivity contribution in [3.05, 3.63) is 0 Å². The van der Waals surface area contributed by atoms with Crippen LogP contribution in [0, 0.1) is 0 Å². The van der Waals surface area contributed by atoms with Crippen molar-refractivity contribution >= 4 is 5.91 Å². The second kappa shape index (κ2) is 6.93. The number of aliphatic hydroxyl groups is 1. The van der Waals surface area contributed by atoms with E-state index in [1.54, 1.807) is 20.8 Å². The van der Waals surface area contributed by atoms with E-state index in [0.29, 0.717) is 12.8 Å². The molecule has 0 bridgehead atoms. The van der Waals surface area contributed by atoms with Crippen molar-refractivity contribution < 1.29 is 27.8 Å². The third kappa shape index (κ3) is 6.62. The summed E-state index contributed by atoms with van der Waals surface area (Å²) < 4.78 is 42.2. The average molecular weight is 312 g/mol. The molecular formula is C13H23F3N2O3. The minimum absolute atomic E-state index is 0.432. The van der Waals surface area contributed by atoms with Crippen molar-refractivity contribution in [3.63, 3.8) is 0 Å². The number of rotatable bonds is 4. The first kappa shape index (κ1) is 18.2. The van der Waals surface area contributed by atoms with E-state index in [2.05, 4.69) is 5.32 Å². The molecule has 1 fully saturated rings. The lowest BCUT2D eigenvalue weighted by atomic mass is 9.90. The van der Waals surface area contributed by atoms with E-state index in [1.165, 1.54) is 0 Å². The highest BCUT2D eigenvalue weighted by Gasteiger charge is 2.41. The van der Waals surface area contributed by atoms with Gasteiger partial charge in [0.1, 0.15) is 0 Å². The maximum Gasteiger partial charge on any atom is 0.471 e. The van der Waals surface area contributed by atoms with Gasteiger partial charge in [0.2, 0.25) is 6.41 Å². The van der Waals surface area contributed by atoms with Gasteiger partial charge in [-0.2, -0.15) is 13.2 Å². The minimum atomic E-state index is -4.90. The van der Waals surface area contributed by atoms with E-state index < -0.39 is 36.2 Å². The first-order chi connectivity index (χ1) is 9.49. The summed E-state index contributed by atoms with van der Waals surface area (Å²) in [6, 6.07) is -1.13. The van der Waals surface area contributed by atoms with E-state index in [1.807, 2.05) is 5.32 Å². The summed E-state index contributed by atoms with van der Waals surface area (Å²) in [7, 11) is 0. The highest BCUT2D eigenvalue weighted by atomic mass is 19.4. The molecule has 1 aliphatic rings. The number of ether oxygens (including phenoxy) is 1. The predicted octanol–water partition coefficient (Wildman–Crippen LogP) is 1.66. The quantitative estimate of drug-likeness (QED) is 0.691. The highest BCUT2D eigenvalue weighted by Crippen LogP contribution is 2.22. The molecule has 0 aliphatic heterocycles. The Morgan fingerprint density at radius 3 is 2.19 bits per heavy atom. The molecule has 0 aromatic heterocycles. The van der Waals surface area contributed by atoms with E-state index in [-0.39, 0.29) is 0 Å². The van der Waals surface area contributed by atoms with E-state index >= 15 is 0 Å². The summed E-state index contributed by atoms with van der Waals surface area (Å²) in [6.07, 6.45) is -3.65. The van der Waals surface area contributed by atoms with Crippen molar-refractivity contribution in [2.45, 2.75) is 76.7 Å². The Bertz CT molecular complexity index is 356. The molecule has 124 valence electrons. The zero-order valence-electron chi connectivity index (χ0n) is 12.5. The largest absolute Gasteiger partial charge is 0.471 e. The van der Waals surface area contributed by atoms with Crippen LogP contribution in [0.3, 0.4) is 0 Å². The summed E-state index contributed by atoms with van der Waals surface area (Å²) in [5.41, 5.74) is -0.591. The first-order valence-corrected chi connectivity index (χ1v) is 6.98. The summed E-state index contributed by atoms with van der Waals surface area (Å²) in [5.74, 6) is -1.95. The van der Waals surface area contributed by atoms with Crippen LogP contribution in [0.5, 0.6) is 0 Å². The number of alkyl halides is 3. The number of amides is 1. The monoisotopic (exact) mass is 312 g/mol. The molecule has 1 aliphatic carbocycles. The van der Waals surface area contributed by atoms with Gasteiger partial charge in [0.15, 0.2) is 0 Å². The molecule has 1 saturated carbocycles. The second-order valence-corrected chi connectivity index (χ2v) is 6.22. The predicted molar refractivity (Wildman–Crippen MR) is 70.2 cm³/mol. The Morgan fingerprint density at radius 1 is 1.19 bits per heavy atom. The van der Waals surface area contributed by atoms with Gasteiger partial charge in [-0.25, -0.2) is 0 Å². The number of halogens is 3. The van der Waals surface area contributed by atoms with Crippen LogP contribution in [0.15, 0.2) is 0 Å². The Labute approximate surface area is 122 Å². The van der Waals surface area contributed by atoms with Crippen molar-refractivity contribution in [1.29, 1.82) is 0 Å². The number of nitrogens with one attached hydrogen (secondary N) is 2. The van der Waals surface area contributed by atoms with E-state index in [4.69, 9.17) is 4.74 Å². The molecule has 5 nitrogen and oxygen atoms in total. The smallest absolute Gasteiger partial charge is 0.356 e. The molecule has 0 heterocycles. The Kier molecular flexibility index (Phi) is 6.01. The van der Waals surface area contributed by atoms with Crippen LogP contribution in [-0.4, -0.2) is 41.3 Å². The third-order valence-electron chi connectivity index (χ3n) is 3.16. The van der Waals surface area contributed by atoms with E-state index in [9.17, 15) is 23.1 Å². The molecule has 3 N–H and O–H groups in total. The fraction of sp³-hybridized carbons (Fsp3) is 0.923. The molecule has 1 amide bonds. The zero-order chi connectivity index (χ0) is 16.3. The van der Waals surface area contributed by atoms with Crippen LogP contribution in [0.2, 0.25) is 0 Å². The molecule has 3 unspecified atom stereocenters. The maximum atomic E-state index is 12.3. The molecule has 0 spiro atoms. The zero-order valence-corrected chi connectivity index (χ0v) is 12.5. The van der Waals surface area contributed by atoms with Gasteiger partial charge in [0, 0.05) is 12.1 Å². The molecule has 21 heavy (non-hydrogen) atoms. The van der Waals surface area contributed by atoms with Gasteiger partial charge in [-0.1, -0.05) is 12.8 Å². The number of carbonyl (C=O) groups excluding carboxylic acids is 1. The Hall–Kier alpha value is -0.860. The van der Waals surface area contributed by atoms with Crippen LogP contribution in [-0.2, 0) is 9.53 Å². The highest BCUT2D eigenvalue weighted by molar-refractivity contribution is 5.82. The van der Waals surface area contributed by atoms with Crippen molar-refractivity contribution in [3.8, 4) is 0 Å². The molecule has 8 heteroatoms. The second-order valence-electron chi connectivity index (χ2n) is 6.22. The van der Waals surface area contributed by atoms with Gasteiger partial charge in [-0.15, -0.1) is 0 Å². The molecule has 0 saturated heterocycles. The SMILES string of the molecule is CC(C)(C)OC(O)NC1CCCCC1NC(=O)C(F)(F)F. The van der Waals surface area contributed by atoms with Crippen molar-refractivity contribution in [2.75, 3.05) is 0 Å². The van der Waals surface area contributed by atoms with Crippen LogP contribution < -0.4 is 10.6 Å². The van der Waals surface area contributed by atoms with Crippen LogP contribution in [0.25, 0.3) is 0 Å². The van der Waals surface area contributed by atoms with Crippen LogP contribution in [0.1, 0.15) is 46.5 Å². The van der Waals surface area contributed by atoms with Crippen LogP contribution >= 0.6 is 0 Å². The Morgan fingerprint density at radius 2 is 1.71 bits per heavy atom. The van der Waals surface area contributed by atoms with Gasteiger partial charge < -0.3 is 15.2 Å². The van der Waals surface area contributed by atoms with Gasteiger partial charge in [-0.05, 0) is 33.6 Å².